The summed E-state index contributed by atoms with van der Waals surface area (Å²) in [5.74, 6) is -0.215. The van der Waals surface area contributed by atoms with Gasteiger partial charge >= 0.3 is 0 Å². The predicted molar refractivity (Wildman–Crippen MR) is 49.1 cm³/mol. The highest BCUT2D eigenvalue weighted by molar-refractivity contribution is 5.78. The molecule has 0 saturated carbocycles. The molecule has 1 atom stereocenters. The van der Waals surface area contributed by atoms with Crippen molar-refractivity contribution in [2.24, 2.45) is 11.7 Å². The molecule has 0 spiro atoms. The van der Waals surface area contributed by atoms with Crippen LogP contribution in [-0.2, 0) is 9.53 Å². The second kappa shape index (κ2) is 7.97. The maximum absolute atomic E-state index is 11.1. The van der Waals surface area contributed by atoms with Gasteiger partial charge < -0.3 is 20.9 Å². The number of aliphatic hydroxyl groups is 1. The van der Waals surface area contributed by atoms with Crippen LogP contribution in [0.25, 0.3) is 0 Å². The highest BCUT2D eigenvalue weighted by Crippen LogP contribution is 1.89. The normalized spacial score (nSPS) is 12.5. The third-order valence-corrected chi connectivity index (χ3v) is 1.58. The van der Waals surface area contributed by atoms with E-state index in [0.717, 1.165) is 0 Å². The number of nitrogens with one attached hydrogen (secondary N) is 1. The molecule has 0 aromatic carbocycles. The molecule has 0 aliphatic heterocycles. The first-order chi connectivity index (χ1) is 6.22. The van der Waals surface area contributed by atoms with Crippen molar-refractivity contribution in [3.8, 4) is 0 Å². The standard InChI is InChI=1S/C8H18N2O3/c1-7(6-9)8(12)10-2-4-13-5-3-11/h7,11H,2-6,9H2,1H3,(H,10,12). The predicted octanol–water partition coefficient (Wildman–Crippen LogP) is -1.29. The molecule has 78 valence electrons. The van der Waals surface area contributed by atoms with Crippen molar-refractivity contribution in [2.75, 3.05) is 32.9 Å². The molecule has 0 aromatic heterocycles. The van der Waals surface area contributed by atoms with Gasteiger partial charge in [0.05, 0.1) is 19.8 Å². The monoisotopic (exact) mass is 190 g/mol. The fraction of sp³-hybridized carbons (Fsp3) is 0.875. The highest BCUT2D eigenvalue weighted by atomic mass is 16.5. The Morgan fingerprint density at radius 2 is 2.31 bits per heavy atom. The molecule has 1 unspecified atom stereocenters. The first-order valence-electron chi connectivity index (χ1n) is 4.38. The van der Waals surface area contributed by atoms with Gasteiger partial charge in [0.1, 0.15) is 0 Å². The fourth-order valence-corrected chi connectivity index (χ4v) is 0.694. The Labute approximate surface area is 78.3 Å². The molecule has 0 fully saturated rings. The van der Waals surface area contributed by atoms with Crippen molar-refractivity contribution < 1.29 is 14.6 Å². The van der Waals surface area contributed by atoms with Crippen LogP contribution >= 0.6 is 0 Å². The van der Waals surface area contributed by atoms with Gasteiger partial charge in [-0.15, -0.1) is 0 Å². The topological polar surface area (TPSA) is 84.6 Å². The van der Waals surface area contributed by atoms with Gasteiger partial charge in [0.15, 0.2) is 0 Å². The maximum atomic E-state index is 11.1. The molecule has 1 amide bonds. The van der Waals surface area contributed by atoms with Crippen molar-refractivity contribution in [2.45, 2.75) is 6.92 Å². The number of ether oxygens (including phenoxy) is 1. The van der Waals surface area contributed by atoms with Crippen LogP contribution < -0.4 is 11.1 Å². The van der Waals surface area contributed by atoms with Crippen molar-refractivity contribution >= 4 is 5.91 Å². The quantitative estimate of drug-likeness (QED) is 0.436. The molecule has 0 radical (unpaired) electrons. The number of hydrogen-bond donors (Lipinski definition) is 3. The number of carbonyl (C=O) groups is 1. The summed E-state index contributed by atoms with van der Waals surface area (Å²) in [6, 6.07) is 0. The van der Waals surface area contributed by atoms with Crippen molar-refractivity contribution in [3.05, 3.63) is 0 Å². The largest absolute Gasteiger partial charge is 0.394 e. The van der Waals surface area contributed by atoms with Gasteiger partial charge in [-0.1, -0.05) is 6.92 Å². The molecule has 5 heteroatoms. The van der Waals surface area contributed by atoms with Gasteiger partial charge in [0.2, 0.25) is 5.91 Å². The van der Waals surface area contributed by atoms with Crippen molar-refractivity contribution in [3.63, 3.8) is 0 Å². The first kappa shape index (κ1) is 12.3. The molecule has 13 heavy (non-hydrogen) atoms. The third-order valence-electron chi connectivity index (χ3n) is 1.58. The van der Waals surface area contributed by atoms with Crippen molar-refractivity contribution in [1.29, 1.82) is 0 Å². The van der Waals surface area contributed by atoms with E-state index in [-0.39, 0.29) is 18.4 Å². The molecule has 4 N–H and O–H groups in total. The molecule has 0 heterocycles. The van der Waals surface area contributed by atoms with Crippen LogP contribution in [0.15, 0.2) is 0 Å². The molecular formula is C8H18N2O3. The van der Waals surface area contributed by atoms with E-state index in [1.54, 1.807) is 6.92 Å². The summed E-state index contributed by atoms with van der Waals surface area (Å²) in [5, 5.41) is 11.0. The second-order valence-electron chi connectivity index (χ2n) is 2.76. The van der Waals surface area contributed by atoms with Crippen LogP contribution in [0.1, 0.15) is 6.92 Å². The molecule has 0 aliphatic rings. The molecule has 0 bridgehead atoms. The maximum Gasteiger partial charge on any atom is 0.224 e. The van der Waals surface area contributed by atoms with Gasteiger partial charge in [-0.3, -0.25) is 4.79 Å². The summed E-state index contributed by atoms with van der Waals surface area (Å²) in [6.45, 7) is 3.31. The molecule has 5 nitrogen and oxygen atoms in total. The van der Waals surface area contributed by atoms with Crippen LogP contribution in [0.3, 0.4) is 0 Å². The molecule has 0 aliphatic carbocycles. The summed E-state index contributed by atoms with van der Waals surface area (Å²) in [5.41, 5.74) is 5.30. The van der Waals surface area contributed by atoms with Gasteiger partial charge in [0.25, 0.3) is 0 Å². The smallest absolute Gasteiger partial charge is 0.224 e. The van der Waals surface area contributed by atoms with Crippen LogP contribution in [0.2, 0.25) is 0 Å². The number of aliphatic hydroxyl groups excluding tert-OH is 1. The van der Waals surface area contributed by atoms with E-state index in [1.807, 2.05) is 0 Å². The number of hydrogen-bond acceptors (Lipinski definition) is 4. The molecule has 0 rings (SSSR count). The molecule has 0 saturated heterocycles. The van der Waals surface area contributed by atoms with Crippen LogP contribution in [0, 0.1) is 5.92 Å². The number of rotatable bonds is 7. The Balaban J connectivity index is 3.27. The lowest BCUT2D eigenvalue weighted by Gasteiger charge is -2.09. The van der Waals surface area contributed by atoms with E-state index in [4.69, 9.17) is 15.6 Å². The average molecular weight is 190 g/mol. The summed E-state index contributed by atoms with van der Waals surface area (Å²) >= 11 is 0. The Bertz CT molecular complexity index is 141. The summed E-state index contributed by atoms with van der Waals surface area (Å²) in [6.07, 6.45) is 0. The van der Waals surface area contributed by atoms with Gasteiger partial charge in [-0.2, -0.15) is 0 Å². The van der Waals surface area contributed by atoms with Crippen LogP contribution in [0.4, 0.5) is 0 Å². The minimum Gasteiger partial charge on any atom is -0.394 e. The zero-order valence-corrected chi connectivity index (χ0v) is 7.95. The number of carbonyl (C=O) groups excluding carboxylic acids is 1. The van der Waals surface area contributed by atoms with Crippen LogP contribution in [0.5, 0.6) is 0 Å². The van der Waals surface area contributed by atoms with E-state index in [2.05, 4.69) is 5.32 Å². The Morgan fingerprint density at radius 3 is 2.85 bits per heavy atom. The van der Waals surface area contributed by atoms with Crippen molar-refractivity contribution in [1.82, 2.24) is 5.32 Å². The van der Waals surface area contributed by atoms with E-state index in [0.29, 0.717) is 26.3 Å². The Kier molecular flexibility index (Phi) is 7.57. The molecular weight excluding hydrogens is 172 g/mol. The van der Waals surface area contributed by atoms with Gasteiger partial charge in [0, 0.05) is 19.0 Å². The average Bonchev–Trinajstić information content (AvgIpc) is 2.16. The molecule has 0 aromatic rings. The van der Waals surface area contributed by atoms with Gasteiger partial charge in [-0.25, -0.2) is 0 Å². The van der Waals surface area contributed by atoms with E-state index in [1.165, 1.54) is 0 Å². The summed E-state index contributed by atoms with van der Waals surface area (Å²) in [7, 11) is 0. The fourth-order valence-electron chi connectivity index (χ4n) is 0.694. The highest BCUT2D eigenvalue weighted by Gasteiger charge is 2.08. The lowest BCUT2D eigenvalue weighted by molar-refractivity contribution is -0.124. The third kappa shape index (κ3) is 6.51. The number of amides is 1. The lowest BCUT2D eigenvalue weighted by Crippen LogP contribution is -2.35. The minimum atomic E-state index is -0.155. The van der Waals surface area contributed by atoms with Crippen LogP contribution in [-0.4, -0.2) is 43.9 Å². The zero-order chi connectivity index (χ0) is 10.1. The van der Waals surface area contributed by atoms with E-state index >= 15 is 0 Å². The van der Waals surface area contributed by atoms with E-state index < -0.39 is 0 Å². The zero-order valence-electron chi connectivity index (χ0n) is 7.95. The Hall–Kier alpha value is -0.650. The summed E-state index contributed by atoms with van der Waals surface area (Å²) in [4.78, 5) is 11.1. The van der Waals surface area contributed by atoms with E-state index in [9.17, 15) is 4.79 Å². The SMILES string of the molecule is CC(CN)C(=O)NCCOCCO. The Morgan fingerprint density at radius 1 is 1.62 bits per heavy atom. The first-order valence-corrected chi connectivity index (χ1v) is 4.38. The minimum absolute atomic E-state index is 0.00709. The second-order valence-corrected chi connectivity index (χ2v) is 2.76. The summed E-state index contributed by atoms with van der Waals surface area (Å²) < 4.78 is 4.95. The lowest BCUT2D eigenvalue weighted by atomic mass is 10.2. The number of nitrogens with two attached hydrogens (primary N) is 1. The van der Waals surface area contributed by atoms with Gasteiger partial charge in [-0.05, 0) is 0 Å².